The van der Waals surface area contributed by atoms with Gasteiger partial charge in [-0.25, -0.2) is 0 Å². The topological polar surface area (TPSA) is 105 Å². The molecule has 1 fully saturated rings. The van der Waals surface area contributed by atoms with Gasteiger partial charge >= 0.3 is 0 Å². The lowest BCUT2D eigenvalue weighted by molar-refractivity contribution is 0.0946. The highest BCUT2D eigenvalue weighted by atomic mass is 16.5. The van der Waals surface area contributed by atoms with E-state index in [0.717, 1.165) is 32.0 Å². The number of hydrogen-bond donors (Lipinski definition) is 2. The number of carbonyl (C=O) groups excluding carboxylic acids is 1. The van der Waals surface area contributed by atoms with Crippen LogP contribution in [-0.2, 0) is 4.74 Å². The zero-order valence-corrected chi connectivity index (χ0v) is 13.5. The molecular weight excluding hydrogens is 312 g/mol. The summed E-state index contributed by atoms with van der Waals surface area (Å²) in [4.78, 5) is 14.0. The minimum Gasteiger partial charge on any atom is -0.378 e. The second kappa shape index (κ2) is 7.73. The van der Waals surface area contributed by atoms with Crippen LogP contribution in [0.3, 0.4) is 0 Å². The number of aromatic nitrogens is 3. The van der Waals surface area contributed by atoms with Crippen molar-refractivity contribution in [3.63, 3.8) is 0 Å². The van der Waals surface area contributed by atoms with E-state index in [-0.39, 0.29) is 11.6 Å². The van der Waals surface area contributed by atoms with Gasteiger partial charge in [-0.15, -0.1) is 5.10 Å². The van der Waals surface area contributed by atoms with E-state index < -0.39 is 0 Å². The van der Waals surface area contributed by atoms with Crippen molar-refractivity contribution >= 4 is 17.4 Å². The number of amides is 1. The summed E-state index contributed by atoms with van der Waals surface area (Å²) >= 11 is 0. The van der Waals surface area contributed by atoms with Crippen molar-refractivity contribution in [1.29, 1.82) is 0 Å². The molecule has 0 spiro atoms. The van der Waals surface area contributed by atoms with Crippen LogP contribution < -0.4 is 15.5 Å². The van der Waals surface area contributed by atoms with E-state index in [9.17, 15) is 4.79 Å². The van der Waals surface area contributed by atoms with Crippen molar-refractivity contribution in [3.8, 4) is 0 Å². The zero-order valence-electron chi connectivity index (χ0n) is 13.5. The van der Waals surface area contributed by atoms with Gasteiger partial charge in [0.15, 0.2) is 11.5 Å². The smallest absolute Gasteiger partial charge is 0.273 e. The van der Waals surface area contributed by atoms with Crippen molar-refractivity contribution in [3.05, 3.63) is 29.8 Å². The summed E-state index contributed by atoms with van der Waals surface area (Å²) < 4.78 is 10.2. The van der Waals surface area contributed by atoms with Crippen LogP contribution in [0.4, 0.5) is 11.5 Å². The Labute approximate surface area is 139 Å². The molecule has 3 heterocycles. The predicted octanol–water partition coefficient (Wildman–Crippen LogP) is 0.452. The predicted molar refractivity (Wildman–Crippen MR) is 87.1 cm³/mol. The molecule has 0 atom stereocenters. The normalized spacial score (nSPS) is 14.5. The lowest BCUT2D eigenvalue weighted by Gasteiger charge is -2.28. The molecule has 128 valence electrons. The molecular formula is C15H20N6O3. The third-order valence-electron chi connectivity index (χ3n) is 3.59. The highest BCUT2D eigenvalue weighted by molar-refractivity contribution is 5.92. The first kappa shape index (κ1) is 16.2. The first-order valence-electron chi connectivity index (χ1n) is 7.83. The molecule has 0 radical (unpaired) electrons. The molecule has 0 aromatic carbocycles. The van der Waals surface area contributed by atoms with E-state index in [1.165, 1.54) is 0 Å². The molecule has 9 nitrogen and oxygen atoms in total. The Kier molecular flexibility index (Phi) is 5.22. The van der Waals surface area contributed by atoms with E-state index in [4.69, 9.17) is 9.26 Å². The summed E-state index contributed by atoms with van der Waals surface area (Å²) in [5, 5.41) is 17.7. The fourth-order valence-electron chi connectivity index (χ4n) is 2.37. The maximum atomic E-state index is 11.8. The summed E-state index contributed by atoms with van der Waals surface area (Å²) in [7, 11) is 0. The van der Waals surface area contributed by atoms with E-state index in [1.54, 1.807) is 19.2 Å². The van der Waals surface area contributed by atoms with E-state index >= 15 is 0 Å². The fourth-order valence-corrected chi connectivity index (χ4v) is 2.37. The number of anilines is 2. The van der Waals surface area contributed by atoms with Crippen LogP contribution in [0.1, 0.15) is 16.2 Å². The van der Waals surface area contributed by atoms with Crippen molar-refractivity contribution in [2.75, 3.05) is 49.6 Å². The van der Waals surface area contributed by atoms with Gasteiger partial charge < -0.3 is 24.8 Å². The van der Waals surface area contributed by atoms with Gasteiger partial charge in [0.1, 0.15) is 5.76 Å². The third kappa shape index (κ3) is 4.19. The third-order valence-corrected chi connectivity index (χ3v) is 3.59. The Bertz CT molecular complexity index is 683. The molecule has 0 unspecified atom stereocenters. The first-order chi connectivity index (χ1) is 11.7. The Morgan fingerprint density at radius 3 is 2.88 bits per heavy atom. The summed E-state index contributed by atoms with van der Waals surface area (Å²) in [6.07, 6.45) is 1.74. The van der Waals surface area contributed by atoms with Gasteiger partial charge in [-0.2, -0.15) is 5.10 Å². The van der Waals surface area contributed by atoms with Gasteiger partial charge in [-0.1, -0.05) is 5.16 Å². The van der Waals surface area contributed by atoms with E-state index in [1.807, 2.05) is 6.07 Å². The molecule has 1 saturated heterocycles. The van der Waals surface area contributed by atoms with Crippen molar-refractivity contribution in [2.24, 2.45) is 0 Å². The maximum Gasteiger partial charge on any atom is 0.273 e. The second-order valence-electron chi connectivity index (χ2n) is 5.40. The van der Waals surface area contributed by atoms with Crippen LogP contribution in [0.2, 0.25) is 0 Å². The van der Waals surface area contributed by atoms with E-state index in [0.29, 0.717) is 24.7 Å². The molecule has 24 heavy (non-hydrogen) atoms. The Balaban J connectivity index is 1.45. The van der Waals surface area contributed by atoms with Crippen LogP contribution in [0.15, 0.2) is 22.9 Å². The number of nitrogens with zero attached hydrogens (tertiary/aromatic N) is 4. The number of morpholine rings is 1. The Hall–Kier alpha value is -2.68. The summed E-state index contributed by atoms with van der Waals surface area (Å²) in [5.74, 6) is 1.01. The maximum absolute atomic E-state index is 11.8. The minimum absolute atomic E-state index is 0.262. The van der Waals surface area contributed by atoms with Gasteiger partial charge in [0, 0.05) is 38.3 Å². The number of aryl methyl sites for hydroxylation is 1. The molecule has 2 aromatic rings. The molecule has 1 aliphatic rings. The highest BCUT2D eigenvalue weighted by Gasteiger charge is 2.12. The second-order valence-corrected chi connectivity index (χ2v) is 5.40. The Morgan fingerprint density at radius 2 is 2.12 bits per heavy atom. The van der Waals surface area contributed by atoms with Crippen LogP contribution >= 0.6 is 0 Å². The van der Waals surface area contributed by atoms with Crippen molar-refractivity contribution < 1.29 is 14.1 Å². The van der Waals surface area contributed by atoms with Gasteiger partial charge in [0.05, 0.1) is 25.1 Å². The van der Waals surface area contributed by atoms with Crippen LogP contribution in [-0.4, -0.2) is 60.7 Å². The highest BCUT2D eigenvalue weighted by Crippen LogP contribution is 2.16. The molecule has 0 bridgehead atoms. The average Bonchev–Trinajstić information content (AvgIpc) is 3.06. The van der Waals surface area contributed by atoms with Crippen LogP contribution in [0.25, 0.3) is 0 Å². The van der Waals surface area contributed by atoms with Crippen LogP contribution in [0.5, 0.6) is 0 Å². The zero-order chi connectivity index (χ0) is 16.8. The standard InChI is InChI=1S/C15H20N6O3/c1-11-8-13(20-24-11)15(22)17-3-2-16-14-9-12(10-18-19-14)21-4-6-23-7-5-21/h8-10H,2-7H2,1H3,(H,16,19)(H,17,22). The number of hydrogen-bond acceptors (Lipinski definition) is 8. The lowest BCUT2D eigenvalue weighted by Crippen LogP contribution is -2.36. The SMILES string of the molecule is Cc1cc(C(=O)NCCNc2cc(N3CCOCC3)cnn2)no1. The number of nitrogens with one attached hydrogen (secondary N) is 2. The summed E-state index contributed by atoms with van der Waals surface area (Å²) in [5.41, 5.74) is 1.29. The van der Waals surface area contributed by atoms with Gasteiger partial charge in [0.25, 0.3) is 5.91 Å². The number of ether oxygens (including phenoxy) is 1. The molecule has 0 saturated carbocycles. The number of carbonyl (C=O) groups is 1. The van der Waals surface area contributed by atoms with Crippen LogP contribution in [0, 0.1) is 6.92 Å². The lowest BCUT2D eigenvalue weighted by atomic mass is 10.3. The molecule has 1 amide bonds. The first-order valence-corrected chi connectivity index (χ1v) is 7.83. The largest absolute Gasteiger partial charge is 0.378 e. The van der Waals surface area contributed by atoms with Crippen molar-refractivity contribution in [1.82, 2.24) is 20.7 Å². The molecule has 2 N–H and O–H groups in total. The monoisotopic (exact) mass is 332 g/mol. The molecule has 9 heteroatoms. The molecule has 2 aromatic heterocycles. The van der Waals surface area contributed by atoms with Gasteiger partial charge in [-0.05, 0) is 6.92 Å². The summed E-state index contributed by atoms with van der Waals surface area (Å²) in [6, 6.07) is 3.54. The average molecular weight is 332 g/mol. The quantitative estimate of drug-likeness (QED) is 0.735. The molecule has 0 aliphatic carbocycles. The minimum atomic E-state index is -0.262. The number of rotatable bonds is 6. The Morgan fingerprint density at radius 1 is 1.29 bits per heavy atom. The van der Waals surface area contributed by atoms with E-state index in [2.05, 4.69) is 30.9 Å². The van der Waals surface area contributed by atoms with Gasteiger partial charge in [0.2, 0.25) is 0 Å². The van der Waals surface area contributed by atoms with Gasteiger partial charge in [-0.3, -0.25) is 4.79 Å². The molecule has 1 aliphatic heterocycles. The summed E-state index contributed by atoms with van der Waals surface area (Å²) in [6.45, 7) is 5.84. The van der Waals surface area contributed by atoms with Crippen molar-refractivity contribution in [2.45, 2.75) is 6.92 Å². The fraction of sp³-hybridized carbons (Fsp3) is 0.467. The molecule has 3 rings (SSSR count).